The van der Waals surface area contributed by atoms with Gasteiger partial charge in [0.15, 0.2) is 5.96 Å². The predicted octanol–water partition coefficient (Wildman–Crippen LogP) is 2.80. The van der Waals surface area contributed by atoms with Gasteiger partial charge in [-0.1, -0.05) is 42.5 Å². The normalized spacial score (nSPS) is 15.3. The molecular weight excluding hydrogens is 489 g/mol. The third kappa shape index (κ3) is 8.49. The first-order valence-electron chi connectivity index (χ1n) is 10.3. The first-order valence-corrected chi connectivity index (χ1v) is 10.3. The molecule has 6 nitrogen and oxygen atoms in total. The molecule has 2 aromatic rings. The number of hydrogen-bond acceptors (Lipinski definition) is 4. The molecule has 0 saturated carbocycles. The number of guanidine groups is 1. The number of nitrogens with one attached hydrogen (secondary N) is 2. The summed E-state index contributed by atoms with van der Waals surface area (Å²) in [5, 5.41) is 6.64. The average molecular weight is 523 g/mol. The number of benzene rings is 2. The van der Waals surface area contributed by atoms with E-state index >= 15 is 0 Å². The van der Waals surface area contributed by atoms with Crippen LogP contribution in [0.25, 0.3) is 0 Å². The molecule has 1 aliphatic rings. The maximum absolute atomic E-state index is 5.69. The minimum absolute atomic E-state index is 0. The molecule has 0 radical (unpaired) electrons. The van der Waals surface area contributed by atoms with Gasteiger partial charge in [-0.15, -0.1) is 24.0 Å². The lowest BCUT2D eigenvalue weighted by atomic mass is 10.1. The number of likely N-dealkylation sites (N-methyl/N-ethyl adjacent to an activating group) is 1. The molecule has 164 valence electrons. The zero-order chi connectivity index (χ0) is 20.3. The second kappa shape index (κ2) is 13.5. The minimum atomic E-state index is 0. The lowest BCUT2D eigenvalue weighted by Gasteiger charge is -2.32. The molecule has 1 heterocycles. The van der Waals surface area contributed by atoms with Crippen molar-refractivity contribution in [1.29, 1.82) is 0 Å². The molecule has 2 aromatic carbocycles. The van der Waals surface area contributed by atoms with Gasteiger partial charge in [-0.25, -0.2) is 0 Å². The number of para-hydroxylation sites is 1. The van der Waals surface area contributed by atoms with E-state index in [-0.39, 0.29) is 24.0 Å². The summed E-state index contributed by atoms with van der Waals surface area (Å²) < 4.78 is 5.69. The highest BCUT2D eigenvalue weighted by atomic mass is 127. The summed E-state index contributed by atoms with van der Waals surface area (Å²) in [6, 6.07) is 18.7. The summed E-state index contributed by atoms with van der Waals surface area (Å²) in [7, 11) is 3.98. The van der Waals surface area contributed by atoms with Crippen LogP contribution in [0, 0.1) is 0 Å². The van der Waals surface area contributed by atoms with E-state index in [1.165, 1.54) is 11.1 Å². The standard InChI is InChI=1S/C23H33N5O.HI/c1-24-23(25-12-17-29-22-6-4-3-5-7-22)26-18-20-8-10-21(11-9-20)19-28-15-13-27(2)14-16-28;/h3-11H,12-19H2,1-2H3,(H2,24,25,26);1H. The van der Waals surface area contributed by atoms with Crippen molar-refractivity contribution in [3.05, 3.63) is 65.7 Å². The Hall–Kier alpha value is -1.84. The number of hydrogen-bond donors (Lipinski definition) is 2. The Labute approximate surface area is 197 Å². The van der Waals surface area contributed by atoms with E-state index in [4.69, 9.17) is 4.74 Å². The number of ether oxygens (including phenoxy) is 1. The Balaban J connectivity index is 0.00000320. The molecule has 0 bridgehead atoms. The summed E-state index contributed by atoms with van der Waals surface area (Å²) in [4.78, 5) is 9.19. The van der Waals surface area contributed by atoms with Gasteiger partial charge < -0.3 is 20.3 Å². The highest BCUT2D eigenvalue weighted by Crippen LogP contribution is 2.10. The molecule has 1 fully saturated rings. The van der Waals surface area contributed by atoms with Crippen molar-refractivity contribution in [2.24, 2.45) is 4.99 Å². The number of rotatable bonds is 8. The van der Waals surface area contributed by atoms with Gasteiger partial charge in [-0.2, -0.15) is 0 Å². The zero-order valence-corrected chi connectivity index (χ0v) is 20.3. The van der Waals surface area contributed by atoms with Gasteiger partial charge in [0.2, 0.25) is 0 Å². The van der Waals surface area contributed by atoms with Crippen LogP contribution in [-0.4, -0.2) is 69.2 Å². The van der Waals surface area contributed by atoms with Gasteiger partial charge in [0.25, 0.3) is 0 Å². The molecule has 0 atom stereocenters. The van der Waals surface area contributed by atoms with E-state index in [9.17, 15) is 0 Å². The smallest absolute Gasteiger partial charge is 0.191 e. The largest absolute Gasteiger partial charge is 0.492 e. The van der Waals surface area contributed by atoms with Gasteiger partial charge in [-0.3, -0.25) is 9.89 Å². The number of nitrogens with zero attached hydrogens (tertiary/aromatic N) is 3. The molecule has 0 unspecified atom stereocenters. The van der Waals surface area contributed by atoms with Crippen molar-refractivity contribution in [2.45, 2.75) is 13.1 Å². The third-order valence-corrected chi connectivity index (χ3v) is 5.12. The molecule has 0 aliphatic carbocycles. The summed E-state index contributed by atoms with van der Waals surface area (Å²) in [5.41, 5.74) is 2.62. The molecule has 1 saturated heterocycles. The summed E-state index contributed by atoms with van der Waals surface area (Å²) in [6.45, 7) is 7.67. The Morgan fingerprint density at radius 2 is 1.60 bits per heavy atom. The van der Waals surface area contributed by atoms with Crippen LogP contribution in [0.15, 0.2) is 59.6 Å². The van der Waals surface area contributed by atoms with Crippen LogP contribution in [0.2, 0.25) is 0 Å². The third-order valence-electron chi connectivity index (χ3n) is 5.12. The topological polar surface area (TPSA) is 52.1 Å². The molecule has 7 heteroatoms. The second-order valence-electron chi connectivity index (χ2n) is 7.41. The summed E-state index contributed by atoms with van der Waals surface area (Å²) in [6.07, 6.45) is 0. The fourth-order valence-electron chi connectivity index (χ4n) is 3.29. The van der Waals surface area contributed by atoms with E-state index in [2.05, 4.69) is 56.7 Å². The highest BCUT2D eigenvalue weighted by Gasteiger charge is 2.13. The molecule has 1 aliphatic heterocycles. The molecule has 0 spiro atoms. The SMILES string of the molecule is CN=C(NCCOc1ccccc1)NCc1ccc(CN2CCN(C)CC2)cc1.I. The second-order valence-corrected chi connectivity index (χ2v) is 7.41. The monoisotopic (exact) mass is 523 g/mol. The predicted molar refractivity (Wildman–Crippen MR) is 135 cm³/mol. The fourth-order valence-corrected chi connectivity index (χ4v) is 3.29. The quantitative estimate of drug-likeness (QED) is 0.241. The molecular formula is C23H34IN5O. The Morgan fingerprint density at radius 1 is 0.933 bits per heavy atom. The van der Waals surface area contributed by atoms with Crippen LogP contribution < -0.4 is 15.4 Å². The van der Waals surface area contributed by atoms with Gasteiger partial charge >= 0.3 is 0 Å². The van der Waals surface area contributed by atoms with Crippen LogP contribution in [0.3, 0.4) is 0 Å². The summed E-state index contributed by atoms with van der Waals surface area (Å²) in [5.74, 6) is 1.66. The summed E-state index contributed by atoms with van der Waals surface area (Å²) >= 11 is 0. The molecule has 2 N–H and O–H groups in total. The number of aliphatic imine (C=N–C) groups is 1. The van der Waals surface area contributed by atoms with Crippen molar-refractivity contribution < 1.29 is 4.74 Å². The van der Waals surface area contributed by atoms with E-state index in [1.807, 2.05) is 30.3 Å². The highest BCUT2D eigenvalue weighted by molar-refractivity contribution is 14.0. The Morgan fingerprint density at radius 3 is 2.27 bits per heavy atom. The zero-order valence-electron chi connectivity index (χ0n) is 18.0. The van der Waals surface area contributed by atoms with Crippen LogP contribution in [0.1, 0.15) is 11.1 Å². The first kappa shape index (κ1) is 24.4. The first-order chi connectivity index (χ1) is 14.2. The molecule has 30 heavy (non-hydrogen) atoms. The molecule has 0 amide bonds. The van der Waals surface area contributed by atoms with Crippen molar-refractivity contribution in [2.75, 3.05) is 53.4 Å². The fraction of sp³-hybridized carbons (Fsp3) is 0.435. The van der Waals surface area contributed by atoms with E-state index in [1.54, 1.807) is 7.05 Å². The van der Waals surface area contributed by atoms with Crippen LogP contribution in [0.5, 0.6) is 5.75 Å². The van der Waals surface area contributed by atoms with Crippen LogP contribution >= 0.6 is 24.0 Å². The lowest BCUT2D eigenvalue weighted by molar-refractivity contribution is 0.148. The van der Waals surface area contributed by atoms with Crippen molar-refractivity contribution >= 4 is 29.9 Å². The van der Waals surface area contributed by atoms with Gasteiger partial charge in [0.05, 0.1) is 6.54 Å². The van der Waals surface area contributed by atoms with Gasteiger partial charge in [-0.05, 0) is 30.3 Å². The number of piperazine rings is 1. The lowest BCUT2D eigenvalue weighted by Crippen LogP contribution is -2.43. The van der Waals surface area contributed by atoms with Crippen molar-refractivity contribution in [1.82, 2.24) is 20.4 Å². The number of halogens is 1. The van der Waals surface area contributed by atoms with E-state index in [0.29, 0.717) is 13.2 Å². The molecule has 3 rings (SSSR count). The molecule has 0 aromatic heterocycles. The van der Waals surface area contributed by atoms with Crippen LogP contribution in [-0.2, 0) is 13.1 Å². The maximum Gasteiger partial charge on any atom is 0.191 e. The van der Waals surface area contributed by atoms with Crippen molar-refractivity contribution in [3.63, 3.8) is 0 Å². The Kier molecular flexibility index (Phi) is 11.0. The van der Waals surface area contributed by atoms with Gasteiger partial charge in [0, 0.05) is 46.3 Å². The average Bonchev–Trinajstić information content (AvgIpc) is 2.76. The van der Waals surface area contributed by atoms with E-state index in [0.717, 1.165) is 51.0 Å². The Bertz CT molecular complexity index is 746. The van der Waals surface area contributed by atoms with Crippen molar-refractivity contribution in [3.8, 4) is 5.75 Å². The maximum atomic E-state index is 5.69. The van der Waals surface area contributed by atoms with Crippen LogP contribution in [0.4, 0.5) is 0 Å². The van der Waals surface area contributed by atoms with Gasteiger partial charge in [0.1, 0.15) is 12.4 Å². The van der Waals surface area contributed by atoms with E-state index < -0.39 is 0 Å². The minimum Gasteiger partial charge on any atom is -0.492 e.